The van der Waals surface area contributed by atoms with Gasteiger partial charge >= 0.3 is 0 Å². The van der Waals surface area contributed by atoms with E-state index in [-0.39, 0.29) is 17.2 Å². The Morgan fingerprint density at radius 3 is 2.62 bits per heavy atom. The number of ether oxygens (including phenoxy) is 1. The molecule has 4 aromatic rings. The van der Waals surface area contributed by atoms with Crippen LogP contribution in [0.5, 0.6) is 5.75 Å². The summed E-state index contributed by atoms with van der Waals surface area (Å²) in [5, 5.41) is 5.65. The molecule has 0 atom stereocenters. The van der Waals surface area contributed by atoms with Gasteiger partial charge in [-0.25, -0.2) is 10.4 Å². The van der Waals surface area contributed by atoms with Crippen molar-refractivity contribution in [2.24, 2.45) is 5.10 Å². The van der Waals surface area contributed by atoms with Crippen LogP contribution in [-0.2, 0) is 4.79 Å². The first-order valence-electron chi connectivity index (χ1n) is 10.0. The number of methoxy groups -OCH3 is 1. The number of carbonyl (C=O) groups excluding carboxylic acids is 1. The van der Waals surface area contributed by atoms with E-state index in [4.69, 9.17) is 27.9 Å². The van der Waals surface area contributed by atoms with Crippen molar-refractivity contribution in [2.45, 2.75) is 5.16 Å². The average Bonchev–Trinajstić information content (AvgIpc) is 2.85. The van der Waals surface area contributed by atoms with Crippen molar-refractivity contribution in [1.29, 1.82) is 0 Å². The highest BCUT2D eigenvalue weighted by molar-refractivity contribution is 7.99. The molecule has 0 radical (unpaired) electrons. The number of para-hydroxylation sites is 1. The lowest BCUT2D eigenvalue weighted by molar-refractivity contribution is -0.118. The van der Waals surface area contributed by atoms with Crippen LogP contribution in [0.4, 0.5) is 0 Å². The van der Waals surface area contributed by atoms with Crippen LogP contribution in [0.2, 0.25) is 10.0 Å². The minimum absolute atomic E-state index is 0.000348. The summed E-state index contributed by atoms with van der Waals surface area (Å²) in [6.45, 7) is 0. The van der Waals surface area contributed by atoms with Gasteiger partial charge in [-0.3, -0.25) is 14.2 Å². The Balaban J connectivity index is 1.55. The zero-order valence-electron chi connectivity index (χ0n) is 17.9. The van der Waals surface area contributed by atoms with Gasteiger partial charge in [0.15, 0.2) is 5.16 Å². The van der Waals surface area contributed by atoms with Crippen LogP contribution in [0.3, 0.4) is 0 Å². The smallest absolute Gasteiger partial charge is 0.266 e. The van der Waals surface area contributed by atoms with E-state index in [9.17, 15) is 9.59 Å². The Kier molecular flexibility index (Phi) is 7.52. The molecule has 0 aliphatic heterocycles. The Morgan fingerprint density at radius 1 is 1.12 bits per heavy atom. The number of carbonyl (C=O) groups is 1. The summed E-state index contributed by atoms with van der Waals surface area (Å²) in [5.41, 5.74) is 4.09. The number of nitrogens with one attached hydrogen (secondary N) is 1. The van der Waals surface area contributed by atoms with Gasteiger partial charge in [0, 0.05) is 0 Å². The van der Waals surface area contributed by atoms with Crippen molar-refractivity contribution in [2.75, 3.05) is 12.9 Å². The number of amides is 1. The standard InChI is InChI=1S/C24H18Cl2N4O3S/c1-33-17-9-7-16(8-10-17)30-23(32)18-4-2-3-5-21(18)28-24(30)34-14-22(31)29-27-13-15-6-11-19(25)20(26)12-15/h2-13H,14H2,1H3,(H,29,31)/b27-13-. The first-order chi connectivity index (χ1) is 16.5. The monoisotopic (exact) mass is 512 g/mol. The molecule has 0 saturated carbocycles. The maximum atomic E-state index is 13.3. The van der Waals surface area contributed by atoms with Crippen molar-refractivity contribution >= 4 is 58.0 Å². The molecule has 1 amide bonds. The van der Waals surface area contributed by atoms with Gasteiger partial charge in [0.2, 0.25) is 0 Å². The number of nitrogens with zero attached hydrogens (tertiary/aromatic N) is 3. The zero-order valence-corrected chi connectivity index (χ0v) is 20.2. The van der Waals surface area contributed by atoms with E-state index < -0.39 is 0 Å². The van der Waals surface area contributed by atoms with Gasteiger partial charge in [0.1, 0.15) is 5.75 Å². The fourth-order valence-corrected chi connectivity index (χ4v) is 4.21. The summed E-state index contributed by atoms with van der Waals surface area (Å²) in [7, 11) is 1.57. The highest BCUT2D eigenvalue weighted by atomic mass is 35.5. The summed E-state index contributed by atoms with van der Waals surface area (Å²) >= 11 is 13.0. The van der Waals surface area contributed by atoms with E-state index in [0.29, 0.717) is 43.1 Å². The lowest BCUT2D eigenvalue weighted by Gasteiger charge is -2.13. The van der Waals surface area contributed by atoms with Gasteiger partial charge in [0.05, 0.1) is 45.7 Å². The summed E-state index contributed by atoms with van der Waals surface area (Å²) < 4.78 is 6.69. The molecule has 172 valence electrons. The van der Waals surface area contributed by atoms with Crippen LogP contribution >= 0.6 is 35.0 Å². The van der Waals surface area contributed by atoms with E-state index in [1.807, 2.05) is 6.07 Å². The molecule has 0 unspecified atom stereocenters. The van der Waals surface area contributed by atoms with E-state index in [2.05, 4.69) is 15.5 Å². The van der Waals surface area contributed by atoms with Crippen LogP contribution in [0.15, 0.2) is 81.8 Å². The number of thioether (sulfide) groups is 1. The summed E-state index contributed by atoms with van der Waals surface area (Å²) in [6, 6.07) is 19.2. The number of fused-ring (bicyclic) bond motifs is 1. The van der Waals surface area contributed by atoms with Crippen molar-refractivity contribution in [3.05, 3.63) is 92.7 Å². The largest absolute Gasteiger partial charge is 0.497 e. The molecule has 0 saturated heterocycles. The van der Waals surface area contributed by atoms with Crippen LogP contribution < -0.4 is 15.7 Å². The second-order valence-electron chi connectivity index (χ2n) is 7.01. The SMILES string of the molecule is COc1ccc(-n2c(SCC(=O)N/N=C\c3ccc(Cl)c(Cl)c3)nc3ccccc3c2=O)cc1. The normalized spacial score (nSPS) is 11.1. The Hall–Kier alpha value is -3.33. The molecule has 1 aromatic heterocycles. The number of benzene rings is 3. The molecule has 3 aromatic carbocycles. The molecule has 0 bridgehead atoms. The zero-order chi connectivity index (χ0) is 24.1. The molecular weight excluding hydrogens is 495 g/mol. The van der Waals surface area contributed by atoms with Crippen LogP contribution in [0.25, 0.3) is 16.6 Å². The third kappa shape index (κ3) is 5.41. The summed E-state index contributed by atoms with van der Waals surface area (Å²) in [6.07, 6.45) is 1.46. The number of hydrogen-bond acceptors (Lipinski definition) is 6. The molecule has 0 aliphatic carbocycles. The third-order valence-corrected chi connectivity index (χ3v) is 6.43. The van der Waals surface area contributed by atoms with Gasteiger partial charge in [-0.1, -0.05) is 53.2 Å². The topological polar surface area (TPSA) is 85.6 Å². The predicted molar refractivity (Wildman–Crippen MR) is 137 cm³/mol. The second kappa shape index (κ2) is 10.7. The summed E-state index contributed by atoms with van der Waals surface area (Å²) in [4.78, 5) is 30.3. The predicted octanol–water partition coefficient (Wildman–Crippen LogP) is 4.94. The number of aromatic nitrogens is 2. The number of halogens is 2. The number of hydrazone groups is 1. The van der Waals surface area contributed by atoms with Crippen molar-refractivity contribution < 1.29 is 9.53 Å². The lowest BCUT2D eigenvalue weighted by Crippen LogP contribution is -2.24. The van der Waals surface area contributed by atoms with E-state index in [0.717, 1.165) is 11.8 Å². The van der Waals surface area contributed by atoms with E-state index in [1.54, 1.807) is 67.8 Å². The molecule has 1 heterocycles. The highest BCUT2D eigenvalue weighted by Gasteiger charge is 2.15. The van der Waals surface area contributed by atoms with Crippen molar-refractivity contribution in [3.8, 4) is 11.4 Å². The van der Waals surface area contributed by atoms with Gasteiger partial charge in [-0.05, 0) is 54.1 Å². The third-order valence-electron chi connectivity index (χ3n) is 4.75. The molecule has 4 rings (SSSR count). The first-order valence-corrected chi connectivity index (χ1v) is 11.8. The van der Waals surface area contributed by atoms with Crippen LogP contribution in [-0.4, -0.2) is 34.5 Å². The van der Waals surface area contributed by atoms with Crippen molar-refractivity contribution in [1.82, 2.24) is 15.0 Å². The maximum absolute atomic E-state index is 13.3. The quantitative estimate of drug-likeness (QED) is 0.164. The molecule has 34 heavy (non-hydrogen) atoms. The lowest BCUT2D eigenvalue weighted by atomic mass is 10.2. The first kappa shape index (κ1) is 23.8. The minimum atomic E-state index is -0.356. The maximum Gasteiger partial charge on any atom is 0.266 e. The molecule has 0 spiro atoms. The fourth-order valence-electron chi connectivity index (χ4n) is 3.10. The fraction of sp³-hybridized carbons (Fsp3) is 0.0833. The summed E-state index contributed by atoms with van der Waals surface area (Å²) in [5.74, 6) is 0.309. The Labute approximate surface area is 209 Å². The number of rotatable bonds is 7. The average molecular weight is 513 g/mol. The Morgan fingerprint density at radius 2 is 1.88 bits per heavy atom. The molecule has 7 nitrogen and oxygen atoms in total. The second-order valence-corrected chi connectivity index (χ2v) is 8.76. The van der Waals surface area contributed by atoms with E-state index >= 15 is 0 Å². The minimum Gasteiger partial charge on any atom is -0.497 e. The Bertz CT molecular complexity index is 1440. The molecule has 0 fully saturated rings. The molecular formula is C24H18Cl2N4O3S. The van der Waals surface area contributed by atoms with Gasteiger partial charge in [-0.15, -0.1) is 0 Å². The van der Waals surface area contributed by atoms with Gasteiger partial charge < -0.3 is 4.74 Å². The van der Waals surface area contributed by atoms with Crippen LogP contribution in [0.1, 0.15) is 5.56 Å². The van der Waals surface area contributed by atoms with E-state index in [1.165, 1.54) is 10.8 Å². The molecule has 1 N–H and O–H groups in total. The van der Waals surface area contributed by atoms with Crippen LogP contribution in [0, 0.1) is 0 Å². The van der Waals surface area contributed by atoms with Crippen molar-refractivity contribution in [3.63, 3.8) is 0 Å². The number of hydrogen-bond donors (Lipinski definition) is 1. The highest BCUT2D eigenvalue weighted by Crippen LogP contribution is 2.23. The molecule has 10 heteroatoms. The molecule has 0 aliphatic rings. The van der Waals surface area contributed by atoms with Gasteiger partial charge in [-0.2, -0.15) is 5.10 Å². The van der Waals surface area contributed by atoms with Gasteiger partial charge in [0.25, 0.3) is 11.5 Å².